The van der Waals surface area contributed by atoms with E-state index in [1.165, 1.54) is 10.6 Å². The lowest BCUT2D eigenvalue weighted by Crippen LogP contribution is -2.14. The molecule has 0 aliphatic heterocycles. The van der Waals surface area contributed by atoms with Gasteiger partial charge >= 0.3 is 0 Å². The minimum Gasteiger partial charge on any atom is -0.306 e. The van der Waals surface area contributed by atoms with E-state index in [9.17, 15) is 0 Å². The number of hydrogen-bond acceptors (Lipinski definition) is 3. The number of rotatable bonds is 4. The van der Waals surface area contributed by atoms with Crippen LogP contribution in [0, 0.1) is 6.92 Å². The lowest BCUT2D eigenvalue weighted by molar-refractivity contribution is 0.678. The predicted molar refractivity (Wildman–Crippen MR) is 82.5 cm³/mol. The number of hydrogen-bond donors (Lipinski definition) is 1. The molecule has 0 aliphatic carbocycles. The SMILES string of the molecule is Cc1nc2ccccn2c1CNCc1cc(Br)cs1. The molecule has 0 fully saturated rings. The maximum Gasteiger partial charge on any atom is 0.137 e. The Bertz CT molecular complexity index is 702. The summed E-state index contributed by atoms with van der Waals surface area (Å²) in [5, 5.41) is 5.59. The molecule has 3 aromatic heterocycles. The van der Waals surface area contributed by atoms with Crippen molar-refractivity contribution in [3.8, 4) is 0 Å². The van der Waals surface area contributed by atoms with Crippen molar-refractivity contribution >= 4 is 32.9 Å². The molecule has 0 radical (unpaired) electrons. The number of aromatic nitrogens is 2. The van der Waals surface area contributed by atoms with Gasteiger partial charge in [-0.2, -0.15) is 0 Å². The summed E-state index contributed by atoms with van der Waals surface area (Å²) in [5.41, 5.74) is 3.33. The van der Waals surface area contributed by atoms with Crippen LogP contribution >= 0.6 is 27.3 Å². The number of thiophene rings is 1. The molecule has 3 aromatic rings. The van der Waals surface area contributed by atoms with Gasteiger partial charge in [0.2, 0.25) is 0 Å². The first kappa shape index (κ1) is 12.8. The molecule has 0 amide bonds. The summed E-state index contributed by atoms with van der Waals surface area (Å²) in [5.74, 6) is 0. The van der Waals surface area contributed by atoms with Crippen LogP contribution in [0.1, 0.15) is 16.3 Å². The molecule has 3 nitrogen and oxygen atoms in total. The molecular weight excluding hydrogens is 322 g/mol. The number of aryl methyl sites for hydroxylation is 1. The van der Waals surface area contributed by atoms with Crippen LogP contribution < -0.4 is 5.32 Å². The highest BCUT2D eigenvalue weighted by Crippen LogP contribution is 2.19. The van der Waals surface area contributed by atoms with Gasteiger partial charge in [0, 0.05) is 34.0 Å². The molecule has 3 rings (SSSR count). The molecule has 0 aromatic carbocycles. The smallest absolute Gasteiger partial charge is 0.137 e. The fourth-order valence-corrected chi connectivity index (χ4v) is 3.55. The van der Waals surface area contributed by atoms with E-state index in [4.69, 9.17) is 0 Å². The molecule has 0 saturated carbocycles. The lowest BCUT2D eigenvalue weighted by Gasteiger charge is -2.04. The van der Waals surface area contributed by atoms with Gasteiger partial charge < -0.3 is 9.72 Å². The summed E-state index contributed by atoms with van der Waals surface area (Å²) in [7, 11) is 0. The van der Waals surface area contributed by atoms with E-state index < -0.39 is 0 Å². The third-order valence-electron chi connectivity index (χ3n) is 3.04. The maximum atomic E-state index is 4.56. The third kappa shape index (κ3) is 2.73. The van der Waals surface area contributed by atoms with Crippen LogP contribution in [0.25, 0.3) is 5.65 Å². The second-order valence-electron chi connectivity index (χ2n) is 4.41. The van der Waals surface area contributed by atoms with Gasteiger partial charge in [0.15, 0.2) is 0 Å². The van der Waals surface area contributed by atoms with Crippen molar-refractivity contribution in [1.82, 2.24) is 14.7 Å². The molecular formula is C14H14BrN3S. The van der Waals surface area contributed by atoms with Crippen molar-refractivity contribution in [2.45, 2.75) is 20.0 Å². The molecule has 19 heavy (non-hydrogen) atoms. The fourth-order valence-electron chi connectivity index (χ4n) is 2.13. The van der Waals surface area contributed by atoms with Crippen LogP contribution in [-0.2, 0) is 13.1 Å². The zero-order valence-corrected chi connectivity index (χ0v) is 13.0. The van der Waals surface area contributed by atoms with Crippen LogP contribution in [0.5, 0.6) is 0 Å². The zero-order chi connectivity index (χ0) is 13.2. The zero-order valence-electron chi connectivity index (χ0n) is 10.6. The van der Waals surface area contributed by atoms with Crippen molar-refractivity contribution in [3.63, 3.8) is 0 Å². The van der Waals surface area contributed by atoms with Crippen LogP contribution in [0.15, 0.2) is 40.3 Å². The third-order valence-corrected chi connectivity index (χ3v) is 4.74. The highest BCUT2D eigenvalue weighted by Gasteiger charge is 2.07. The Labute approximate surface area is 124 Å². The topological polar surface area (TPSA) is 29.3 Å². The minimum atomic E-state index is 0.826. The van der Waals surface area contributed by atoms with E-state index in [-0.39, 0.29) is 0 Å². The average molecular weight is 336 g/mol. The molecule has 0 bridgehead atoms. The Morgan fingerprint density at radius 1 is 1.37 bits per heavy atom. The number of halogens is 1. The Morgan fingerprint density at radius 3 is 3.05 bits per heavy atom. The summed E-state index contributed by atoms with van der Waals surface area (Å²) in [4.78, 5) is 5.89. The Morgan fingerprint density at radius 2 is 2.26 bits per heavy atom. The largest absolute Gasteiger partial charge is 0.306 e. The molecule has 0 atom stereocenters. The van der Waals surface area contributed by atoms with Gasteiger partial charge in [0.25, 0.3) is 0 Å². The van der Waals surface area contributed by atoms with Crippen molar-refractivity contribution in [3.05, 3.63) is 56.6 Å². The summed E-state index contributed by atoms with van der Waals surface area (Å²) in [6.07, 6.45) is 2.06. The molecule has 0 unspecified atom stereocenters. The van der Waals surface area contributed by atoms with E-state index in [0.717, 1.165) is 28.9 Å². The fraction of sp³-hybridized carbons (Fsp3) is 0.214. The molecule has 5 heteroatoms. The normalized spacial score (nSPS) is 11.3. The lowest BCUT2D eigenvalue weighted by atomic mass is 10.3. The Hall–Kier alpha value is -1.17. The predicted octanol–water partition coefficient (Wildman–Crippen LogP) is 3.76. The molecule has 0 saturated heterocycles. The van der Waals surface area contributed by atoms with Crippen molar-refractivity contribution in [1.29, 1.82) is 0 Å². The van der Waals surface area contributed by atoms with Gasteiger partial charge in [0.05, 0.1) is 11.4 Å². The minimum absolute atomic E-state index is 0.826. The molecule has 1 N–H and O–H groups in total. The second-order valence-corrected chi connectivity index (χ2v) is 6.32. The summed E-state index contributed by atoms with van der Waals surface area (Å²) < 4.78 is 3.30. The summed E-state index contributed by atoms with van der Waals surface area (Å²) >= 11 is 5.24. The number of imidazole rings is 1. The van der Waals surface area contributed by atoms with E-state index >= 15 is 0 Å². The van der Waals surface area contributed by atoms with E-state index in [1.807, 2.05) is 18.2 Å². The van der Waals surface area contributed by atoms with Gasteiger partial charge in [-0.05, 0) is 41.1 Å². The standard InChI is InChI=1S/C14H14BrN3S/c1-10-13(18-5-3-2-4-14(18)17-10)8-16-7-12-6-11(15)9-19-12/h2-6,9,16H,7-8H2,1H3. The first-order chi connectivity index (χ1) is 9.24. The van der Waals surface area contributed by atoms with Crippen LogP contribution in [0.4, 0.5) is 0 Å². The molecule has 3 heterocycles. The van der Waals surface area contributed by atoms with E-state index in [1.54, 1.807) is 11.3 Å². The van der Waals surface area contributed by atoms with Crippen LogP contribution in [0.3, 0.4) is 0 Å². The molecule has 0 aliphatic rings. The first-order valence-corrected chi connectivity index (χ1v) is 7.77. The van der Waals surface area contributed by atoms with Gasteiger partial charge in [-0.1, -0.05) is 6.07 Å². The van der Waals surface area contributed by atoms with Crippen molar-refractivity contribution in [2.24, 2.45) is 0 Å². The van der Waals surface area contributed by atoms with Crippen molar-refractivity contribution < 1.29 is 0 Å². The van der Waals surface area contributed by atoms with E-state index in [0.29, 0.717) is 0 Å². The average Bonchev–Trinajstić information content (AvgIpc) is 2.94. The quantitative estimate of drug-likeness (QED) is 0.786. The van der Waals surface area contributed by atoms with Gasteiger partial charge in [-0.3, -0.25) is 0 Å². The highest BCUT2D eigenvalue weighted by molar-refractivity contribution is 9.10. The van der Waals surface area contributed by atoms with Crippen molar-refractivity contribution in [2.75, 3.05) is 0 Å². The monoisotopic (exact) mass is 335 g/mol. The van der Waals surface area contributed by atoms with E-state index in [2.05, 4.69) is 55.2 Å². The number of nitrogens with one attached hydrogen (secondary N) is 1. The van der Waals surface area contributed by atoms with Crippen LogP contribution in [-0.4, -0.2) is 9.38 Å². The Kier molecular flexibility index (Phi) is 3.68. The van der Waals surface area contributed by atoms with Gasteiger partial charge in [-0.15, -0.1) is 11.3 Å². The Balaban J connectivity index is 1.73. The number of nitrogens with zero attached hydrogens (tertiary/aromatic N) is 2. The summed E-state index contributed by atoms with van der Waals surface area (Å²) in [6.45, 7) is 3.77. The number of fused-ring (bicyclic) bond motifs is 1. The number of pyridine rings is 1. The summed E-state index contributed by atoms with van der Waals surface area (Å²) in [6, 6.07) is 8.24. The van der Waals surface area contributed by atoms with Gasteiger partial charge in [0.1, 0.15) is 5.65 Å². The first-order valence-electron chi connectivity index (χ1n) is 6.10. The molecule has 98 valence electrons. The van der Waals surface area contributed by atoms with Gasteiger partial charge in [-0.25, -0.2) is 4.98 Å². The maximum absolute atomic E-state index is 4.56. The highest BCUT2D eigenvalue weighted by atomic mass is 79.9. The molecule has 0 spiro atoms. The second kappa shape index (κ2) is 5.45. The van der Waals surface area contributed by atoms with Crippen LogP contribution in [0.2, 0.25) is 0 Å².